The third kappa shape index (κ3) is 4.78. The lowest BCUT2D eigenvalue weighted by Crippen LogP contribution is -2.36. The number of nitrogens with zero attached hydrogens (tertiary/aromatic N) is 4. The smallest absolute Gasteiger partial charge is 0.404 e. The van der Waals surface area contributed by atoms with Crippen LogP contribution in [0, 0.1) is 12.7 Å². The van der Waals surface area contributed by atoms with Gasteiger partial charge in [-0.3, -0.25) is 0 Å². The molecule has 4 rings (SSSR count). The van der Waals surface area contributed by atoms with Crippen molar-refractivity contribution in [2.45, 2.75) is 19.4 Å². The Balaban J connectivity index is 1.61. The highest BCUT2D eigenvalue weighted by molar-refractivity contribution is 7.15. The average molecular weight is 460 g/mol. The molecule has 1 saturated heterocycles. The molecule has 1 aliphatic rings. The summed E-state index contributed by atoms with van der Waals surface area (Å²) in [6.45, 7) is 3.04. The van der Waals surface area contributed by atoms with Crippen molar-refractivity contribution >= 4 is 23.2 Å². The van der Waals surface area contributed by atoms with E-state index in [1.54, 1.807) is 24.4 Å². The van der Waals surface area contributed by atoms with Crippen molar-refractivity contribution in [3.8, 4) is 27.4 Å². The van der Waals surface area contributed by atoms with E-state index in [0.717, 1.165) is 5.01 Å². The van der Waals surface area contributed by atoms with E-state index in [9.17, 15) is 9.18 Å². The van der Waals surface area contributed by atoms with Crippen molar-refractivity contribution in [2.24, 2.45) is 0 Å². The summed E-state index contributed by atoms with van der Waals surface area (Å²) in [5.74, 6) is 0.629. The van der Waals surface area contributed by atoms with Crippen LogP contribution in [0.5, 0.6) is 5.75 Å². The molecule has 0 spiro atoms. The molecule has 0 radical (unpaired) electrons. The highest BCUT2D eigenvalue weighted by Crippen LogP contribution is 2.37. The predicted octanol–water partition coefficient (Wildman–Crippen LogP) is 3.54. The van der Waals surface area contributed by atoms with E-state index in [2.05, 4.69) is 20.5 Å². The molecule has 0 saturated carbocycles. The van der Waals surface area contributed by atoms with E-state index in [0.29, 0.717) is 52.8 Å². The molecule has 3 aromatic rings. The first kappa shape index (κ1) is 21.9. The molecular weight excluding hydrogens is 437 g/mol. The average Bonchev–Trinajstić information content (AvgIpc) is 3.41. The number of nitrogens with one attached hydrogen (secondary N) is 1. The lowest BCUT2D eigenvalue weighted by atomic mass is 10.1. The molecule has 2 aromatic heterocycles. The van der Waals surface area contributed by atoms with Gasteiger partial charge in [-0.25, -0.2) is 14.2 Å². The number of halogens is 1. The normalized spacial score (nSPS) is 15.7. The SMILES string of the molecule is COCOc1cc(-c2cnc(C)s2)c(F)cc1-c1ccc(N2CC[C@H](NC(=O)O)C2)nn1. The van der Waals surface area contributed by atoms with E-state index in [4.69, 9.17) is 14.6 Å². The van der Waals surface area contributed by atoms with Gasteiger partial charge in [0.15, 0.2) is 12.6 Å². The zero-order valence-corrected chi connectivity index (χ0v) is 18.4. The van der Waals surface area contributed by atoms with E-state index >= 15 is 0 Å². The van der Waals surface area contributed by atoms with E-state index < -0.39 is 11.9 Å². The van der Waals surface area contributed by atoms with Crippen molar-refractivity contribution in [3.05, 3.63) is 41.3 Å². The van der Waals surface area contributed by atoms with Crippen LogP contribution < -0.4 is 15.0 Å². The Hall–Kier alpha value is -3.31. The lowest BCUT2D eigenvalue weighted by Gasteiger charge is -2.17. The Labute approximate surface area is 187 Å². The second-order valence-electron chi connectivity index (χ2n) is 7.28. The van der Waals surface area contributed by atoms with Crippen molar-refractivity contribution in [2.75, 3.05) is 31.9 Å². The number of thiazole rings is 1. The van der Waals surface area contributed by atoms with Gasteiger partial charge in [-0.1, -0.05) is 0 Å². The van der Waals surface area contributed by atoms with Gasteiger partial charge in [-0.15, -0.1) is 21.5 Å². The molecule has 1 aliphatic heterocycles. The van der Waals surface area contributed by atoms with Gasteiger partial charge in [-0.05, 0) is 37.6 Å². The maximum atomic E-state index is 15.0. The van der Waals surface area contributed by atoms with Crippen LogP contribution in [0.1, 0.15) is 11.4 Å². The van der Waals surface area contributed by atoms with Crippen LogP contribution in [0.4, 0.5) is 15.0 Å². The number of methoxy groups -OCH3 is 1. The lowest BCUT2D eigenvalue weighted by molar-refractivity contribution is 0.0515. The van der Waals surface area contributed by atoms with Gasteiger partial charge < -0.3 is 24.8 Å². The monoisotopic (exact) mass is 459 g/mol. The summed E-state index contributed by atoms with van der Waals surface area (Å²) in [6, 6.07) is 6.37. The maximum Gasteiger partial charge on any atom is 0.404 e. The molecule has 3 heterocycles. The first-order valence-electron chi connectivity index (χ1n) is 9.91. The zero-order valence-electron chi connectivity index (χ0n) is 17.5. The minimum atomic E-state index is -1.04. The molecule has 1 amide bonds. The van der Waals surface area contributed by atoms with Gasteiger partial charge >= 0.3 is 6.09 Å². The van der Waals surface area contributed by atoms with Crippen LogP contribution in [0.3, 0.4) is 0 Å². The van der Waals surface area contributed by atoms with Crippen LogP contribution in [-0.2, 0) is 4.74 Å². The number of benzene rings is 1. The number of anilines is 1. The van der Waals surface area contributed by atoms with Crippen LogP contribution in [0.25, 0.3) is 21.7 Å². The Morgan fingerprint density at radius 1 is 1.34 bits per heavy atom. The second-order valence-corrected chi connectivity index (χ2v) is 8.52. The number of ether oxygens (including phenoxy) is 2. The molecule has 1 aromatic carbocycles. The van der Waals surface area contributed by atoms with E-state index in [1.807, 2.05) is 11.8 Å². The number of carbonyl (C=O) groups is 1. The van der Waals surface area contributed by atoms with Gasteiger partial charge in [-0.2, -0.15) is 0 Å². The topological polar surface area (TPSA) is 110 Å². The highest BCUT2D eigenvalue weighted by atomic mass is 32.1. The Bertz CT molecular complexity index is 1110. The summed E-state index contributed by atoms with van der Waals surface area (Å²) in [5.41, 5.74) is 1.30. The summed E-state index contributed by atoms with van der Waals surface area (Å²) in [4.78, 5) is 17.7. The van der Waals surface area contributed by atoms with Gasteiger partial charge in [0, 0.05) is 37.5 Å². The number of hydrogen-bond acceptors (Lipinski definition) is 8. The quantitative estimate of drug-likeness (QED) is 0.517. The minimum absolute atomic E-state index is 0.00293. The predicted molar refractivity (Wildman–Crippen MR) is 118 cm³/mol. The largest absolute Gasteiger partial charge is 0.467 e. The van der Waals surface area contributed by atoms with Crippen LogP contribution in [-0.4, -0.2) is 59.4 Å². The first-order valence-corrected chi connectivity index (χ1v) is 10.7. The van der Waals surface area contributed by atoms with Gasteiger partial charge in [0.1, 0.15) is 11.6 Å². The first-order chi connectivity index (χ1) is 15.4. The maximum absolute atomic E-state index is 15.0. The van der Waals surface area contributed by atoms with E-state index in [1.165, 1.54) is 24.5 Å². The summed E-state index contributed by atoms with van der Waals surface area (Å²) >= 11 is 1.40. The molecule has 1 fully saturated rings. The number of rotatable bonds is 7. The molecular formula is C21H22FN5O4S. The molecule has 2 N–H and O–H groups in total. The van der Waals surface area contributed by atoms with Crippen molar-refractivity contribution in [3.63, 3.8) is 0 Å². The minimum Gasteiger partial charge on any atom is -0.467 e. The standard InChI is InChI=1S/C21H22FN5O4S/c1-12-23-9-19(32-12)14-8-18(31-11-30-2)15(7-16(14)22)17-3-4-20(26-25-17)27-6-5-13(10-27)24-21(28)29/h3-4,7-9,13,24H,5-6,10-11H2,1-2H3,(H,28,29)/t13-/m0/s1. The second kappa shape index (κ2) is 9.45. The molecule has 9 nitrogen and oxygen atoms in total. The Morgan fingerprint density at radius 2 is 2.19 bits per heavy atom. The van der Waals surface area contributed by atoms with Crippen molar-refractivity contribution < 1.29 is 23.8 Å². The third-order valence-electron chi connectivity index (χ3n) is 5.05. The number of aromatic nitrogens is 3. The summed E-state index contributed by atoms with van der Waals surface area (Å²) in [5, 5.41) is 20.7. The summed E-state index contributed by atoms with van der Waals surface area (Å²) < 4.78 is 25.7. The number of aryl methyl sites for hydroxylation is 1. The number of amides is 1. The number of carboxylic acid groups (broad SMARTS) is 1. The molecule has 0 bridgehead atoms. The molecule has 11 heteroatoms. The fourth-order valence-corrected chi connectivity index (χ4v) is 4.36. The Morgan fingerprint density at radius 3 is 2.84 bits per heavy atom. The van der Waals surface area contributed by atoms with Crippen LogP contribution in [0.15, 0.2) is 30.5 Å². The third-order valence-corrected chi connectivity index (χ3v) is 6.00. The number of hydrogen-bond donors (Lipinski definition) is 2. The van der Waals surface area contributed by atoms with Gasteiger partial charge in [0.25, 0.3) is 0 Å². The summed E-state index contributed by atoms with van der Waals surface area (Å²) in [6.07, 6.45) is 1.28. The zero-order chi connectivity index (χ0) is 22.7. The fourth-order valence-electron chi connectivity index (χ4n) is 3.57. The fraction of sp³-hybridized carbons (Fsp3) is 0.333. The van der Waals surface area contributed by atoms with E-state index in [-0.39, 0.29) is 12.8 Å². The molecule has 0 aliphatic carbocycles. The molecule has 1 atom stereocenters. The van der Waals surface area contributed by atoms with Crippen molar-refractivity contribution in [1.82, 2.24) is 20.5 Å². The van der Waals surface area contributed by atoms with Gasteiger partial charge in [0.2, 0.25) is 0 Å². The highest BCUT2D eigenvalue weighted by Gasteiger charge is 2.25. The van der Waals surface area contributed by atoms with Crippen LogP contribution in [0.2, 0.25) is 0 Å². The Kier molecular flexibility index (Phi) is 6.47. The molecule has 32 heavy (non-hydrogen) atoms. The van der Waals surface area contributed by atoms with Crippen LogP contribution >= 0.6 is 11.3 Å². The molecule has 0 unspecified atom stereocenters. The van der Waals surface area contributed by atoms with Crippen molar-refractivity contribution in [1.29, 1.82) is 0 Å². The summed E-state index contributed by atoms with van der Waals surface area (Å²) in [7, 11) is 1.51. The molecule has 168 valence electrons. The van der Waals surface area contributed by atoms with Gasteiger partial charge in [0.05, 0.1) is 21.6 Å².